The molecule has 7 aromatic carbocycles. The molecule has 0 fully saturated rings. The van der Waals surface area contributed by atoms with Crippen LogP contribution in [0.1, 0.15) is 23.2 Å². The molecule has 210 valence electrons. The second kappa shape index (κ2) is 9.42. The van der Waals surface area contributed by atoms with Crippen LogP contribution in [0.4, 0.5) is 0 Å². The molecule has 0 saturated heterocycles. The van der Waals surface area contributed by atoms with Gasteiger partial charge in [0.2, 0.25) is 0 Å². The largest absolute Gasteiger partial charge is 0.459 e. The first-order valence-corrected chi connectivity index (χ1v) is 15.8. The second-order valence-corrected chi connectivity index (χ2v) is 12.3. The molecule has 10 rings (SSSR count). The SMILES string of the molecule is C1=CC2c3ccccc3-c3c(oc4c(-c5c6ccccc6c(-c6ccc7ccccc7c6)c6ccccc56)cccc34)C2C=C1. The molecule has 0 saturated carbocycles. The molecule has 1 heteroatoms. The van der Waals surface area contributed by atoms with Crippen molar-refractivity contribution >= 4 is 43.3 Å². The van der Waals surface area contributed by atoms with Gasteiger partial charge in [-0.05, 0) is 60.6 Å². The number of furan rings is 1. The molecule has 0 radical (unpaired) electrons. The van der Waals surface area contributed by atoms with Crippen LogP contribution in [-0.4, -0.2) is 0 Å². The van der Waals surface area contributed by atoms with Gasteiger partial charge >= 0.3 is 0 Å². The molecule has 2 unspecified atom stereocenters. The van der Waals surface area contributed by atoms with Crippen molar-refractivity contribution < 1.29 is 4.42 Å². The number of rotatable bonds is 2. The van der Waals surface area contributed by atoms with Crippen molar-refractivity contribution in [3.05, 3.63) is 169 Å². The quantitative estimate of drug-likeness (QED) is 0.188. The Bertz CT molecular complexity index is 2500. The lowest BCUT2D eigenvalue weighted by atomic mass is 9.72. The van der Waals surface area contributed by atoms with E-state index in [1.54, 1.807) is 0 Å². The molecule has 2 aliphatic rings. The summed E-state index contributed by atoms with van der Waals surface area (Å²) in [6.45, 7) is 0. The lowest BCUT2D eigenvalue weighted by Gasteiger charge is -2.30. The lowest BCUT2D eigenvalue weighted by molar-refractivity contribution is 0.503. The zero-order chi connectivity index (χ0) is 29.5. The topological polar surface area (TPSA) is 13.1 Å². The van der Waals surface area contributed by atoms with Crippen LogP contribution >= 0.6 is 0 Å². The average Bonchev–Trinajstić information content (AvgIpc) is 3.51. The fraction of sp³-hybridized carbons (Fsp3) is 0.0455. The third-order valence-corrected chi connectivity index (χ3v) is 10.0. The fourth-order valence-electron chi connectivity index (χ4n) is 8.09. The third kappa shape index (κ3) is 3.50. The molecule has 0 bridgehead atoms. The van der Waals surface area contributed by atoms with Crippen LogP contribution in [0.5, 0.6) is 0 Å². The van der Waals surface area contributed by atoms with Gasteiger partial charge in [0, 0.05) is 33.9 Å². The summed E-state index contributed by atoms with van der Waals surface area (Å²) in [5.74, 6) is 1.54. The van der Waals surface area contributed by atoms with Gasteiger partial charge in [-0.1, -0.05) is 152 Å². The highest BCUT2D eigenvalue weighted by atomic mass is 16.3. The summed E-state index contributed by atoms with van der Waals surface area (Å²) in [5.41, 5.74) is 9.75. The van der Waals surface area contributed by atoms with E-state index in [1.165, 1.54) is 71.1 Å². The highest BCUT2D eigenvalue weighted by Gasteiger charge is 2.36. The Morgan fingerprint density at radius 2 is 1.02 bits per heavy atom. The predicted molar refractivity (Wildman–Crippen MR) is 189 cm³/mol. The van der Waals surface area contributed by atoms with Gasteiger partial charge in [-0.2, -0.15) is 0 Å². The minimum absolute atomic E-state index is 0.184. The smallest absolute Gasteiger partial charge is 0.142 e. The maximum Gasteiger partial charge on any atom is 0.142 e. The normalized spacial score (nSPS) is 16.7. The molecule has 0 amide bonds. The van der Waals surface area contributed by atoms with Crippen molar-refractivity contribution in [3.8, 4) is 33.4 Å². The first kappa shape index (κ1) is 24.7. The van der Waals surface area contributed by atoms with Crippen LogP contribution in [0.2, 0.25) is 0 Å². The van der Waals surface area contributed by atoms with Crippen LogP contribution < -0.4 is 0 Å². The van der Waals surface area contributed by atoms with E-state index in [9.17, 15) is 0 Å². The van der Waals surface area contributed by atoms with E-state index in [-0.39, 0.29) is 11.8 Å². The van der Waals surface area contributed by atoms with E-state index >= 15 is 0 Å². The first-order valence-electron chi connectivity index (χ1n) is 15.8. The Kier molecular flexibility index (Phi) is 5.18. The number of benzene rings is 7. The van der Waals surface area contributed by atoms with Crippen molar-refractivity contribution in [2.75, 3.05) is 0 Å². The van der Waals surface area contributed by atoms with Crippen molar-refractivity contribution in [1.29, 1.82) is 0 Å². The molecule has 2 atom stereocenters. The summed E-state index contributed by atoms with van der Waals surface area (Å²) >= 11 is 0. The maximum absolute atomic E-state index is 7.08. The Hall–Kier alpha value is -5.66. The predicted octanol–water partition coefficient (Wildman–Crippen LogP) is 12.2. The Morgan fingerprint density at radius 1 is 0.422 bits per heavy atom. The van der Waals surface area contributed by atoms with Crippen LogP contribution in [0.25, 0.3) is 76.7 Å². The van der Waals surface area contributed by atoms with Gasteiger partial charge in [0.05, 0.1) is 0 Å². The summed E-state index contributed by atoms with van der Waals surface area (Å²) in [6.07, 6.45) is 8.98. The van der Waals surface area contributed by atoms with Crippen LogP contribution in [0, 0.1) is 0 Å². The number of para-hydroxylation sites is 1. The van der Waals surface area contributed by atoms with E-state index in [0.717, 1.165) is 16.9 Å². The monoisotopic (exact) mass is 572 g/mol. The zero-order valence-corrected chi connectivity index (χ0v) is 24.6. The summed E-state index contributed by atoms with van der Waals surface area (Å²) in [5, 5.41) is 8.67. The van der Waals surface area contributed by atoms with Crippen molar-refractivity contribution in [3.63, 3.8) is 0 Å². The Morgan fingerprint density at radius 3 is 1.80 bits per heavy atom. The van der Waals surface area contributed by atoms with Gasteiger partial charge in [-0.3, -0.25) is 0 Å². The summed E-state index contributed by atoms with van der Waals surface area (Å²) in [4.78, 5) is 0. The Balaban J connectivity index is 1.30. The van der Waals surface area contributed by atoms with Gasteiger partial charge in [-0.15, -0.1) is 0 Å². The molecule has 1 aromatic heterocycles. The summed E-state index contributed by atoms with van der Waals surface area (Å²) < 4.78 is 7.08. The molecular formula is C44H28O. The molecule has 1 nitrogen and oxygen atoms in total. The molecular weight excluding hydrogens is 544 g/mol. The molecule has 1 heterocycles. The van der Waals surface area contributed by atoms with Crippen LogP contribution in [0.15, 0.2) is 162 Å². The average molecular weight is 573 g/mol. The molecule has 0 aliphatic heterocycles. The van der Waals surface area contributed by atoms with E-state index in [4.69, 9.17) is 4.42 Å². The van der Waals surface area contributed by atoms with E-state index in [1.807, 2.05) is 0 Å². The summed E-state index contributed by atoms with van der Waals surface area (Å²) in [7, 11) is 0. The molecule has 8 aromatic rings. The number of hydrogen-bond acceptors (Lipinski definition) is 1. The van der Waals surface area contributed by atoms with Gasteiger partial charge in [0.1, 0.15) is 11.3 Å². The van der Waals surface area contributed by atoms with E-state index in [2.05, 4.69) is 158 Å². The fourth-order valence-corrected chi connectivity index (χ4v) is 8.09. The highest BCUT2D eigenvalue weighted by molar-refractivity contribution is 6.24. The summed E-state index contributed by atoms with van der Waals surface area (Å²) in [6, 6.07) is 48.8. The van der Waals surface area contributed by atoms with Crippen molar-refractivity contribution in [2.24, 2.45) is 0 Å². The number of allylic oxidation sites excluding steroid dienone is 4. The first-order chi connectivity index (χ1) is 22.3. The van der Waals surface area contributed by atoms with Crippen LogP contribution in [0.3, 0.4) is 0 Å². The van der Waals surface area contributed by atoms with E-state index < -0.39 is 0 Å². The molecule has 0 N–H and O–H groups in total. The standard InChI is InChI=1S/C44H28O/c1-2-13-28-26-29(25-24-27(28)12-1)40-33-17-6-8-19-35(33)41(36-20-9-7-18-34(36)40)38-22-11-23-39-42-32-16-5-3-14-30(32)31-15-4-10-21-37(31)44(42)45-43(38)39/h1-26,31,37H. The van der Waals surface area contributed by atoms with Gasteiger partial charge in [0.15, 0.2) is 0 Å². The highest BCUT2D eigenvalue weighted by Crippen LogP contribution is 2.54. The number of hydrogen-bond donors (Lipinski definition) is 0. The minimum atomic E-state index is 0.184. The second-order valence-electron chi connectivity index (χ2n) is 12.3. The molecule has 45 heavy (non-hydrogen) atoms. The molecule has 0 spiro atoms. The lowest BCUT2D eigenvalue weighted by Crippen LogP contribution is -2.15. The maximum atomic E-state index is 7.08. The van der Waals surface area contributed by atoms with Crippen molar-refractivity contribution in [1.82, 2.24) is 0 Å². The van der Waals surface area contributed by atoms with Crippen LogP contribution in [-0.2, 0) is 0 Å². The van der Waals surface area contributed by atoms with Gasteiger partial charge in [0.25, 0.3) is 0 Å². The van der Waals surface area contributed by atoms with Crippen molar-refractivity contribution in [2.45, 2.75) is 11.8 Å². The third-order valence-electron chi connectivity index (χ3n) is 10.0. The van der Waals surface area contributed by atoms with Gasteiger partial charge < -0.3 is 4.42 Å². The number of fused-ring (bicyclic) bond motifs is 11. The minimum Gasteiger partial charge on any atom is -0.459 e. The zero-order valence-electron chi connectivity index (χ0n) is 24.6. The van der Waals surface area contributed by atoms with Gasteiger partial charge in [-0.25, -0.2) is 0 Å². The Labute approximate surface area is 261 Å². The van der Waals surface area contributed by atoms with E-state index in [0.29, 0.717) is 0 Å². The molecule has 2 aliphatic carbocycles.